The first-order chi connectivity index (χ1) is 8.24. The van der Waals surface area contributed by atoms with E-state index in [0.29, 0.717) is 6.04 Å². The van der Waals surface area contributed by atoms with Crippen molar-refractivity contribution in [2.45, 2.75) is 52.1 Å². The number of aromatic nitrogens is 2. The van der Waals surface area contributed by atoms with Gasteiger partial charge in [-0.15, -0.1) is 0 Å². The minimum atomic E-state index is 0.381. The molecular formula is C13H24N4. The molecule has 0 amide bonds. The zero-order valence-corrected chi connectivity index (χ0v) is 11.0. The lowest BCUT2D eigenvalue weighted by molar-refractivity contribution is 0.488. The predicted molar refractivity (Wildman–Crippen MR) is 71.3 cm³/mol. The first-order valence-electron chi connectivity index (χ1n) is 6.81. The molecule has 1 saturated heterocycles. The SMILES string of the molecule is CCCn1cc(CC)nc1N1CCC(N)CC1. The van der Waals surface area contributed by atoms with Crippen LogP contribution in [0.4, 0.5) is 5.95 Å². The number of aryl methyl sites for hydroxylation is 2. The highest BCUT2D eigenvalue weighted by Gasteiger charge is 2.20. The van der Waals surface area contributed by atoms with E-state index in [0.717, 1.165) is 51.3 Å². The van der Waals surface area contributed by atoms with Gasteiger partial charge in [0.05, 0.1) is 5.69 Å². The lowest BCUT2D eigenvalue weighted by Crippen LogP contribution is -2.40. The van der Waals surface area contributed by atoms with Crippen LogP contribution < -0.4 is 10.6 Å². The Morgan fingerprint density at radius 3 is 2.65 bits per heavy atom. The molecule has 1 fully saturated rings. The summed E-state index contributed by atoms with van der Waals surface area (Å²) in [5, 5.41) is 0. The third-order valence-corrected chi connectivity index (χ3v) is 3.45. The summed E-state index contributed by atoms with van der Waals surface area (Å²) in [6, 6.07) is 0.381. The van der Waals surface area contributed by atoms with Gasteiger partial charge < -0.3 is 15.2 Å². The number of nitrogens with two attached hydrogens (primary N) is 1. The quantitative estimate of drug-likeness (QED) is 0.867. The summed E-state index contributed by atoms with van der Waals surface area (Å²) in [5.74, 6) is 1.15. The monoisotopic (exact) mass is 236 g/mol. The maximum absolute atomic E-state index is 5.95. The van der Waals surface area contributed by atoms with Crippen molar-refractivity contribution < 1.29 is 0 Å². The van der Waals surface area contributed by atoms with E-state index in [2.05, 4.69) is 29.5 Å². The van der Waals surface area contributed by atoms with Gasteiger partial charge in [-0.25, -0.2) is 4.98 Å². The fraction of sp³-hybridized carbons (Fsp3) is 0.769. The Labute approximate surface area is 104 Å². The largest absolute Gasteiger partial charge is 0.342 e. The highest BCUT2D eigenvalue weighted by Crippen LogP contribution is 2.20. The van der Waals surface area contributed by atoms with Crippen molar-refractivity contribution in [2.24, 2.45) is 5.73 Å². The zero-order valence-electron chi connectivity index (χ0n) is 11.0. The summed E-state index contributed by atoms with van der Waals surface area (Å²) >= 11 is 0. The molecule has 17 heavy (non-hydrogen) atoms. The smallest absolute Gasteiger partial charge is 0.205 e. The summed E-state index contributed by atoms with van der Waals surface area (Å²) in [4.78, 5) is 7.13. The lowest BCUT2D eigenvalue weighted by atomic mass is 10.1. The topological polar surface area (TPSA) is 47.1 Å². The molecule has 4 heteroatoms. The Morgan fingerprint density at radius 2 is 2.06 bits per heavy atom. The zero-order chi connectivity index (χ0) is 12.3. The van der Waals surface area contributed by atoms with Gasteiger partial charge in [0.2, 0.25) is 5.95 Å². The highest BCUT2D eigenvalue weighted by atomic mass is 15.3. The average Bonchev–Trinajstić information content (AvgIpc) is 2.74. The maximum atomic E-state index is 5.95. The van der Waals surface area contributed by atoms with Crippen LogP contribution in [-0.4, -0.2) is 28.7 Å². The fourth-order valence-electron chi connectivity index (χ4n) is 2.39. The molecular weight excluding hydrogens is 212 g/mol. The van der Waals surface area contributed by atoms with Crippen LogP contribution >= 0.6 is 0 Å². The minimum absolute atomic E-state index is 0.381. The van der Waals surface area contributed by atoms with Gasteiger partial charge in [-0.1, -0.05) is 13.8 Å². The molecule has 0 bridgehead atoms. The van der Waals surface area contributed by atoms with Crippen LogP contribution in [0.1, 0.15) is 38.8 Å². The molecule has 0 radical (unpaired) electrons. The number of hydrogen-bond donors (Lipinski definition) is 1. The first kappa shape index (κ1) is 12.4. The average molecular weight is 236 g/mol. The summed E-state index contributed by atoms with van der Waals surface area (Å²) in [6.45, 7) is 7.52. The molecule has 0 spiro atoms. The van der Waals surface area contributed by atoms with Crippen LogP contribution in [0.3, 0.4) is 0 Å². The summed E-state index contributed by atoms with van der Waals surface area (Å²) in [6.07, 6.45) is 6.53. The minimum Gasteiger partial charge on any atom is -0.342 e. The van der Waals surface area contributed by atoms with Gasteiger partial charge in [0.15, 0.2) is 0 Å². The fourth-order valence-corrected chi connectivity index (χ4v) is 2.39. The molecule has 96 valence electrons. The second-order valence-corrected chi connectivity index (χ2v) is 4.90. The number of anilines is 1. The predicted octanol–water partition coefficient (Wildman–Crippen LogP) is 1.78. The molecule has 4 nitrogen and oxygen atoms in total. The van der Waals surface area contributed by atoms with Crippen molar-refractivity contribution in [3.63, 3.8) is 0 Å². The van der Waals surface area contributed by atoms with Crippen molar-refractivity contribution in [2.75, 3.05) is 18.0 Å². The number of rotatable bonds is 4. The number of hydrogen-bond acceptors (Lipinski definition) is 3. The molecule has 1 aliphatic rings. The molecule has 0 aromatic carbocycles. The molecule has 0 saturated carbocycles. The van der Waals surface area contributed by atoms with Gasteiger partial charge in [-0.3, -0.25) is 0 Å². The third kappa shape index (κ3) is 2.80. The Kier molecular flexibility index (Phi) is 4.05. The molecule has 0 aliphatic carbocycles. The number of piperidine rings is 1. The summed E-state index contributed by atoms with van der Waals surface area (Å²) in [5.41, 5.74) is 7.15. The molecule has 2 rings (SSSR count). The Balaban J connectivity index is 2.15. The molecule has 2 heterocycles. The van der Waals surface area contributed by atoms with Gasteiger partial charge in [-0.2, -0.15) is 0 Å². The normalized spacial score (nSPS) is 17.7. The van der Waals surface area contributed by atoms with E-state index in [1.807, 2.05) is 0 Å². The van der Waals surface area contributed by atoms with E-state index in [1.165, 1.54) is 5.69 Å². The van der Waals surface area contributed by atoms with Crippen LogP contribution in [0, 0.1) is 0 Å². The number of imidazole rings is 1. The second kappa shape index (κ2) is 5.54. The van der Waals surface area contributed by atoms with Gasteiger partial charge in [0.25, 0.3) is 0 Å². The van der Waals surface area contributed by atoms with E-state index in [-0.39, 0.29) is 0 Å². The van der Waals surface area contributed by atoms with Crippen LogP contribution in [0.2, 0.25) is 0 Å². The summed E-state index contributed by atoms with van der Waals surface area (Å²) in [7, 11) is 0. The maximum Gasteiger partial charge on any atom is 0.205 e. The summed E-state index contributed by atoms with van der Waals surface area (Å²) < 4.78 is 2.30. The Bertz CT molecular complexity index is 350. The standard InChI is InChI=1S/C13H24N4/c1-3-7-17-10-12(4-2)15-13(17)16-8-5-11(14)6-9-16/h10-11H,3-9,14H2,1-2H3. The first-order valence-corrected chi connectivity index (χ1v) is 6.81. The third-order valence-electron chi connectivity index (χ3n) is 3.45. The highest BCUT2D eigenvalue weighted by molar-refractivity contribution is 5.34. The van der Waals surface area contributed by atoms with Gasteiger partial charge in [0, 0.05) is 31.9 Å². The van der Waals surface area contributed by atoms with Gasteiger partial charge in [-0.05, 0) is 25.7 Å². The van der Waals surface area contributed by atoms with E-state index in [1.54, 1.807) is 0 Å². The van der Waals surface area contributed by atoms with Gasteiger partial charge >= 0.3 is 0 Å². The van der Waals surface area contributed by atoms with E-state index in [4.69, 9.17) is 10.7 Å². The molecule has 1 aliphatic heterocycles. The van der Waals surface area contributed by atoms with Crippen LogP contribution in [0.5, 0.6) is 0 Å². The van der Waals surface area contributed by atoms with Crippen molar-refractivity contribution in [1.82, 2.24) is 9.55 Å². The van der Waals surface area contributed by atoms with E-state index >= 15 is 0 Å². The van der Waals surface area contributed by atoms with E-state index < -0.39 is 0 Å². The van der Waals surface area contributed by atoms with Crippen molar-refractivity contribution in [1.29, 1.82) is 0 Å². The molecule has 2 N–H and O–H groups in total. The van der Waals surface area contributed by atoms with Crippen molar-refractivity contribution in [3.8, 4) is 0 Å². The Morgan fingerprint density at radius 1 is 1.35 bits per heavy atom. The molecule has 1 aromatic rings. The van der Waals surface area contributed by atoms with Crippen molar-refractivity contribution in [3.05, 3.63) is 11.9 Å². The lowest BCUT2D eigenvalue weighted by Gasteiger charge is -2.31. The molecule has 0 atom stereocenters. The van der Waals surface area contributed by atoms with E-state index in [9.17, 15) is 0 Å². The van der Waals surface area contributed by atoms with Crippen LogP contribution in [-0.2, 0) is 13.0 Å². The van der Waals surface area contributed by atoms with Crippen LogP contribution in [0.25, 0.3) is 0 Å². The number of nitrogens with zero attached hydrogens (tertiary/aromatic N) is 3. The van der Waals surface area contributed by atoms with Crippen LogP contribution in [0.15, 0.2) is 6.20 Å². The second-order valence-electron chi connectivity index (χ2n) is 4.90. The molecule has 1 aromatic heterocycles. The van der Waals surface area contributed by atoms with Gasteiger partial charge in [0.1, 0.15) is 0 Å². The van der Waals surface area contributed by atoms with Crippen molar-refractivity contribution >= 4 is 5.95 Å². The Hall–Kier alpha value is -1.03. The molecule has 0 unspecified atom stereocenters.